The van der Waals surface area contributed by atoms with Gasteiger partial charge in [0.2, 0.25) is 0 Å². The van der Waals surface area contributed by atoms with Crippen molar-refractivity contribution in [1.29, 1.82) is 0 Å². The van der Waals surface area contributed by atoms with Gasteiger partial charge in [-0.1, -0.05) is 0 Å². The topological polar surface area (TPSA) is 33.3 Å². The molecule has 100 valence electrons. The van der Waals surface area contributed by atoms with Crippen LogP contribution in [0, 0.1) is 11.7 Å². The van der Waals surface area contributed by atoms with Crippen molar-refractivity contribution in [3.05, 3.63) is 24.0 Å². The minimum absolute atomic E-state index is 0.261. The summed E-state index contributed by atoms with van der Waals surface area (Å²) in [6.07, 6.45) is 2.47. The fourth-order valence-electron chi connectivity index (χ4n) is 2.27. The molecule has 0 bridgehead atoms. The molecule has 1 saturated heterocycles. The number of hydrogen-bond acceptors (Lipinski definition) is 3. The first kappa shape index (κ1) is 13.1. The van der Waals surface area contributed by atoms with Crippen LogP contribution in [0.5, 0.6) is 5.75 Å². The first-order chi connectivity index (χ1) is 8.79. The van der Waals surface area contributed by atoms with Crippen LogP contribution in [-0.4, -0.2) is 26.2 Å². The number of anilines is 1. The molecule has 1 atom stereocenters. The summed E-state index contributed by atoms with van der Waals surface area (Å²) in [7, 11) is 0. The van der Waals surface area contributed by atoms with E-state index in [1.165, 1.54) is 25.0 Å². The maximum Gasteiger partial charge on any atom is 0.145 e. The molecule has 1 aromatic carbocycles. The molecule has 2 N–H and O–H groups in total. The van der Waals surface area contributed by atoms with Gasteiger partial charge in [0.1, 0.15) is 11.6 Å². The highest BCUT2D eigenvalue weighted by Gasteiger charge is 2.13. The Kier molecular flexibility index (Phi) is 4.81. The molecule has 2 rings (SSSR count). The van der Waals surface area contributed by atoms with Crippen molar-refractivity contribution in [2.24, 2.45) is 5.92 Å². The van der Waals surface area contributed by atoms with Gasteiger partial charge < -0.3 is 15.4 Å². The van der Waals surface area contributed by atoms with Gasteiger partial charge in [-0.05, 0) is 50.9 Å². The van der Waals surface area contributed by atoms with Crippen LogP contribution in [0.3, 0.4) is 0 Å². The lowest BCUT2D eigenvalue weighted by atomic mass is 10.00. The number of nitrogens with one attached hydrogen (secondary N) is 2. The van der Waals surface area contributed by atoms with Gasteiger partial charge in [-0.25, -0.2) is 4.39 Å². The van der Waals surface area contributed by atoms with Crippen LogP contribution >= 0.6 is 0 Å². The first-order valence-corrected chi connectivity index (χ1v) is 6.66. The van der Waals surface area contributed by atoms with Crippen molar-refractivity contribution < 1.29 is 9.13 Å². The average Bonchev–Trinajstić information content (AvgIpc) is 2.39. The van der Waals surface area contributed by atoms with Crippen LogP contribution in [0.4, 0.5) is 10.1 Å². The van der Waals surface area contributed by atoms with Gasteiger partial charge >= 0.3 is 0 Å². The lowest BCUT2D eigenvalue weighted by molar-refractivity contribution is 0.339. The highest BCUT2D eigenvalue weighted by molar-refractivity contribution is 5.56. The highest BCUT2D eigenvalue weighted by atomic mass is 19.1. The third-order valence-corrected chi connectivity index (χ3v) is 3.22. The van der Waals surface area contributed by atoms with Crippen LogP contribution in [0.25, 0.3) is 0 Å². The molecule has 0 aliphatic carbocycles. The van der Waals surface area contributed by atoms with Gasteiger partial charge in [0.15, 0.2) is 0 Å². The van der Waals surface area contributed by atoms with E-state index in [1.807, 2.05) is 6.92 Å². The van der Waals surface area contributed by atoms with E-state index in [0.717, 1.165) is 25.3 Å². The Bertz CT molecular complexity index is 378. The predicted molar refractivity (Wildman–Crippen MR) is 71.7 cm³/mol. The minimum Gasteiger partial charge on any atom is -0.492 e. The second kappa shape index (κ2) is 6.59. The van der Waals surface area contributed by atoms with Gasteiger partial charge in [-0.2, -0.15) is 0 Å². The first-order valence-electron chi connectivity index (χ1n) is 6.66. The normalized spacial score (nSPS) is 19.6. The van der Waals surface area contributed by atoms with E-state index in [-0.39, 0.29) is 5.82 Å². The fourth-order valence-corrected chi connectivity index (χ4v) is 2.27. The van der Waals surface area contributed by atoms with E-state index < -0.39 is 0 Å². The number of piperidine rings is 1. The van der Waals surface area contributed by atoms with Crippen LogP contribution in [0.2, 0.25) is 0 Å². The number of halogens is 1. The summed E-state index contributed by atoms with van der Waals surface area (Å²) in [5, 5.41) is 6.75. The summed E-state index contributed by atoms with van der Waals surface area (Å²) in [5.41, 5.74) is 0.879. The molecule has 0 aromatic heterocycles. The molecule has 18 heavy (non-hydrogen) atoms. The maximum atomic E-state index is 13.1. The largest absolute Gasteiger partial charge is 0.492 e. The summed E-state index contributed by atoms with van der Waals surface area (Å²) >= 11 is 0. The van der Waals surface area contributed by atoms with Gasteiger partial charge in [0, 0.05) is 12.6 Å². The Balaban J connectivity index is 1.94. The fraction of sp³-hybridized carbons (Fsp3) is 0.571. The molecule has 1 aliphatic rings. The molecule has 1 fully saturated rings. The van der Waals surface area contributed by atoms with Crippen molar-refractivity contribution in [2.75, 3.05) is 31.6 Å². The molecule has 1 aliphatic heterocycles. The summed E-state index contributed by atoms with van der Waals surface area (Å²) < 4.78 is 18.6. The SMILES string of the molecule is CCOc1cc(F)ccc1NCC1CCCNC1. The Morgan fingerprint density at radius 1 is 1.50 bits per heavy atom. The van der Waals surface area contributed by atoms with Crippen molar-refractivity contribution in [1.82, 2.24) is 5.32 Å². The number of hydrogen-bond donors (Lipinski definition) is 2. The molecule has 0 saturated carbocycles. The molecule has 0 radical (unpaired) electrons. The molecule has 4 heteroatoms. The highest BCUT2D eigenvalue weighted by Crippen LogP contribution is 2.26. The average molecular weight is 252 g/mol. The zero-order valence-corrected chi connectivity index (χ0v) is 10.8. The van der Waals surface area contributed by atoms with Crippen molar-refractivity contribution in [2.45, 2.75) is 19.8 Å². The lowest BCUT2D eigenvalue weighted by Gasteiger charge is -2.24. The third-order valence-electron chi connectivity index (χ3n) is 3.22. The Hall–Kier alpha value is -1.29. The smallest absolute Gasteiger partial charge is 0.145 e. The van der Waals surface area contributed by atoms with Gasteiger partial charge in [-0.3, -0.25) is 0 Å². The Morgan fingerprint density at radius 3 is 3.11 bits per heavy atom. The van der Waals surface area contributed by atoms with Crippen LogP contribution in [-0.2, 0) is 0 Å². The minimum atomic E-state index is -0.261. The molecule has 3 nitrogen and oxygen atoms in total. The van der Waals surface area contributed by atoms with E-state index >= 15 is 0 Å². The summed E-state index contributed by atoms with van der Waals surface area (Å²) in [5.74, 6) is 0.975. The van der Waals surface area contributed by atoms with Crippen molar-refractivity contribution >= 4 is 5.69 Å². The number of rotatable bonds is 5. The zero-order valence-electron chi connectivity index (χ0n) is 10.8. The lowest BCUT2D eigenvalue weighted by Crippen LogP contribution is -2.33. The molecule has 1 unspecified atom stereocenters. The van der Waals surface area contributed by atoms with Crippen molar-refractivity contribution in [3.8, 4) is 5.75 Å². The van der Waals surface area contributed by atoms with Crippen LogP contribution in [0.1, 0.15) is 19.8 Å². The predicted octanol–water partition coefficient (Wildman–Crippen LogP) is 2.64. The third kappa shape index (κ3) is 3.60. The van der Waals surface area contributed by atoms with E-state index in [1.54, 1.807) is 6.07 Å². The second-order valence-electron chi connectivity index (χ2n) is 4.67. The van der Waals surface area contributed by atoms with Crippen LogP contribution < -0.4 is 15.4 Å². The van der Waals surface area contributed by atoms with Gasteiger partial charge in [0.05, 0.1) is 12.3 Å². The molecule has 1 aromatic rings. The quantitative estimate of drug-likeness (QED) is 0.845. The van der Waals surface area contributed by atoms with Crippen LogP contribution in [0.15, 0.2) is 18.2 Å². The van der Waals surface area contributed by atoms with Gasteiger partial charge in [-0.15, -0.1) is 0 Å². The molecular weight excluding hydrogens is 231 g/mol. The Labute approximate surface area is 108 Å². The summed E-state index contributed by atoms with van der Waals surface area (Å²) in [6, 6.07) is 4.64. The van der Waals surface area contributed by atoms with E-state index in [9.17, 15) is 4.39 Å². The summed E-state index contributed by atoms with van der Waals surface area (Å²) in [6.45, 7) is 5.52. The summed E-state index contributed by atoms with van der Waals surface area (Å²) in [4.78, 5) is 0. The zero-order chi connectivity index (χ0) is 12.8. The van der Waals surface area contributed by atoms with Crippen molar-refractivity contribution in [3.63, 3.8) is 0 Å². The van der Waals surface area contributed by atoms with E-state index in [2.05, 4.69) is 10.6 Å². The van der Waals surface area contributed by atoms with Gasteiger partial charge in [0.25, 0.3) is 0 Å². The number of ether oxygens (including phenoxy) is 1. The number of benzene rings is 1. The standard InChI is InChI=1S/C14H21FN2O/c1-2-18-14-8-12(15)5-6-13(14)17-10-11-4-3-7-16-9-11/h5-6,8,11,16-17H,2-4,7,9-10H2,1H3. The molecule has 1 heterocycles. The second-order valence-corrected chi connectivity index (χ2v) is 4.67. The molecular formula is C14H21FN2O. The van der Waals surface area contributed by atoms with E-state index in [4.69, 9.17) is 4.74 Å². The maximum absolute atomic E-state index is 13.1. The molecule has 0 spiro atoms. The molecule has 0 amide bonds. The van der Waals surface area contributed by atoms with E-state index in [0.29, 0.717) is 18.3 Å². The Morgan fingerprint density at radius 2 is 2.39 bits per heavy atom. The monoisotopic (exact) mass is 252 g/mol.